The van der Waals surface area contributed by atoms with E-state index in [1.165, 1.54) is 88.4 Å². The van der Waals surface area contributed by atoms with Crippen molar-refractivity contribution in [2.75, 3.05) is 26.2 Å². The van der Waals surface area contributed by atoms with Gasteiger partial charge in [0, 0.05) is 49.3 Å². The first kappa shape index (κ1) is 37.7. The molecule has 0 aromatic heterocycles. The predicted octanol–water partition coefficient (Wildman–Crippen LogP) is 9.05. The van der Waals surface area contributed by atoms with Crippen LogP contribution in [0.5, 0.6) is 0 Å². The molecule has 6 aliphatic rings. The first-order chi connectivity index (χ1) is 27.6. The summed E-state index contributed by atoms with van der Waals surface area (Å²) in [6, 6.07) is 29.8. The lowest BCUT2D eigenvalue weighted by Crippen LogP contribution is -2.44. The quantitative estimate of drug-likeness (QED) is 0.132. The second kappa shape index (κ2) is 17.3. The number of nitrogens with zero attached hydrogens (tertiary/aromatic N) is 2. The van der Waals surface area contributed by atoms with Crippen LogP contribution < -0.4 is 21.3 Å². The Morgan fingerprint density at radius 2 is 0.857 bits per heavy atom. The van der Waals surface area contributed by atoms with Gasteiger partial charge in [0.1, 0.15) is 0 Å². The topological polar surface area (TPSA) is 88.7 Å². The minimum atomic E-state index is -0.0418. The maximum Gasteiger partial charge on any atom is 0.315 e. The first-order valence-corrected chi connectivity index (χ1v) is 22.4. The number of urea groups is 2. The highest BCUT2D eigenvalue weighted by molar-refractivity contribution is 5.74. The van der Waals surface area contributed by atoms with Crippen LogP contribution in [0.4, 0.5) is 9.59 Å². The molecule has 0 radical (unpaired) electrons. The van der Waals surface area contributed by atoms with Gasteiger partial charge in [0.05, 0.1) is 0 Å². The fraction of sp³-hybridized carbons (Fsp3) is 0.583. The van der Waals surface area contributed by atoms with Crippen molar-refractivity contribution in [1.82, 2.24) is 31.1 Å². The third-order valence-electron chi connectivity index (χ3n) is 14.8. The zero-order valence-electron chi connectivity index (χ0n) is 33.4. The van der Waals surface area contributed by atoms with Crippen molar-refractivity contribution < 1.29 is 9.59 Å². The Hall–Kier alpha value is -3.88. The van der Waals surface area contributed by atoms with Crippen LogP contribution in [0.3, 0.4) is 0 Å². The monoisotopic (exact) mass is 757 g/mol. The lowest BCUT2D eigenvalue weighted by molar-refractivity contribution is 0.185. The van der Waals surface area contributed by atoms with Crippen LogP contribution in [0.2, 0.25) is 0 Å². The van der Waals surface area contributed by atoms with Crippen LogP contribution in [0.15, 0.2) is 72.8 Å². The SMILES string of the molecule is O=C(NCCc1cccc(CCNC(=O)NC2CCC(CCN3[C@@H]4CC[C@H]3c3ccccc34)CC2)c1)NC1CCC(CCN2C3CC[C@@H]2c2ccccc23)CC1. The number of benzene rings is 3. The van der Waals surface area contributed by atoms with Crippen molar-refractivity contribution in [2.45, 2.75) is 139 Å². The predicted molar refractivity (Wildman–Crippen MR) is 223 cm³/mol. The molecule has 4 bridgehead atoms. The molecule has 3 aromatic rings. The fourth-order valence-electron chi connectivity index (χ4n) is 11.8. The van der Waals surface area contributed by atoms with E-state index in [9.17, 15) is 9.59 Å². The van der Waals surface area contributed by atoms with Gasteiger partial charge in [0.15, 0.2) is 0 Å². The van der Waals surface area contributed by atoms with Crippen molar-refractivity contribution in [3.05, 3.63) is 106 Å². The molecule has 9 rings (SSSR count). The smallest absolute Gasteiger partial charge is 0.315 e. The van der Waals surface area contributed by atoms with Crippen molar-refractivity contribution in [3.8, 4) is 0 Å². The molecule has 0 spiro atoms. The highest BCUT2D eigenvalue weighted by atomic mass is 16.2. The minimum Gasteiger partial charge on any atom is -0.338 e. The number of carbonyl (C=O) groups excluding carboxylic acids is 2. The zero-order chi connectivity index (χ0) is 37.8. The lowest BCUT2D eigenvalue weighted by atomic mass is 9.84. The van der Waals surface area contributed by atoms with Gasteiger partial charge in [0.25, 0.3) is 0 Å². The molecular formula is C48H64N6O2. The molecule has 4 heterocycles. The molecule has 4 aliphatic heterocycles. The second-order valence-electron chi connectivity index (χ2n) is 18.1. The van der Waals surface area contributed by atoms with E-state index >= 15 is 0 Å². The summed E-state index contributed by atoms with van der Waals surface area (Å²) in [7, 11) is 0. The van der Waals surface area contributed by atoms with Crippen molar-refractivity contribution in [1.29, 1.82) is 0 Å². The van der Waals surface area contributed by atoms with E-state index in [2.05, 4.69) is 104 Å². The molecular weight excluding hydrogens is 693 g/mol. The Balaban J connectivity index is 0.611. The van der Waals surface area contributed by atoms with E-state index < -0.39 is 0 Å². The molecule has 8 nitrogen and oxygen atoms in total. The lowest BCUT2D eigenvalue weighted by Gasteiger charge is -2.31. The molecule has 3 aromatic carbocycles. The summed E-state index contributed by atoms with van der Waals surface area (Å²) < 4.78 is 0. The van der Waals surface area contributed by atoms with E-state index in [0.29, 0.717) is 37.3 Å². The van der Waals surface area contributed by atoms with Gasteiger partial charge in [0.2, 0.25) is 0 Å². The van der Waals surface area contributed by atoms with E-state index in [-0.39, 0.29) is 24.1 Å². The summed E-state index contributed by atoms with van der Waals surface area (Å²) in [5.74, 6) is 1.54. The van der Waals surface area contributed by atoms with Crippen molar-refractivity contribution >= 4 is 12.1 Å². The van der Waals surface area contributed by atoms with Crippen LogP contribution in [-0.4, -0.2) is 60.1 Å². The average molecular weight is 757 g/mol. The Labute approximate surface area is 335 Å². The van der Waals surface area contributed by atoms with Gasteiger partial charge in [-0.2, -0.15) is 0 Å². The van der Waals surface area contributed by atoms with Crippen LogP contribution in [0.25, 0.3) is 0 Å². The third-order valence-corrected chi connectivity index (χ3v) is 14.8. The van der Waals surface area contributed by atoms with Crippen molar-refractivity contribution in [3.63, 3.8) is 0 Å². The van der Waals surface area contributed by atoms with Gasteiger partial charge in [-0.25, -0.2) is 9.59 Å². The summed E-state index contributed by atoms with van der Waals surface area (Å²) in [5, 5.41) is 12.7. The summed E-state index contributed by atoms with van der Waals surface area (Å²) >= 11 is 0. The molecule has 2 saturated carbocycles. The van der Waals surface area contributed by atoms with Gasteiger partial charge in [-0.15, -0.1) is 0 Å². The number of rotatable bonds is 14. The zero-order valence-corrected chi connectivity index (χ0v) is 33.4. The second-order valence-corrected chi connectivity index (χ2v) is 18.1. The van der Waals surface area contributed by atoms with E-state index in [1.807, 2.05) is 0 Å². The van der Waals surface area contributed by atoms with Gasteiger partial charge >= 0.3 is 12.1 Å². The van der Waals surface area contributed by atoms with E-state index in [4.69, 9.17) is 0 Å². The molecule has 2 aliphatic carbocycles. The highest BCUT2D eigenvalue weighted by Crippen LogP contribution is 2.54. The number of amides is 4. The Bertz CT molecular complexity index is 1630. The fourth-order valence-corrected chi connectivity index (χ4v) is 11.8. The number of nitrogens with one attached hydrogen (secondary N) is 4. The standard InChI is InChI=1S/C48H64N6O2/c55-47(51-37-16-12-33(13-17-37)26-30-53-43-20-21-44(53)40-9-2-1-8-39(40)43)49-28-24-35-6-5-7-36(32-35)25-29-50-48(56)52-38-18-14-34(15-19-38)27-31-54-45-22-23-46(54)42-11-4-3-10-41(42)45/h1-11,32-34,37-38,43-46H,12-31H2,(H2,49,51,55)(H2,50,52,56)/t33?,34?,37?,38?,43-,44+,45-,46?/m1/s1. The number of hydrogen-bond donors (Lipinski definition) is 4. The van der Waals surface area contributed by atoms with E-state index in [1.54, 1.807) is 22.3 Å². The molecule has 298 valence electrons. The minimum absolute atomic E-state index is 0.0418. The molecule has 2 saturated heterocycles. The maximum absolute atomic E-state index is 12.8. The molecule has 56 heavy (non-hydrogen) atoms. The highest BCUT2D eigenvalue weighted by Gasteiger charge is 2.44. The molecule has 4 atom stereocenters. The number of carbonyl (C=O) groups is 2. The van der Waals surface area contributed by atoms with Crippen molar-refractivity contribution in [2.24, 2.45) is 11.8 Å². The summed E-state index contributed by atoms with van der Waals surface area (Å²) in [6.45, 7) is 3.64. The third kappa shape index (κ3) is 8.38. The van der Waals surface area contributed by atoms with Gasteiger partial charge in [-0.05, 0) is 161 Å². The largest absolute Gasteiger partial charge is 0.338 e. The average Bonchev–Trinajstić information content (AvgIpc) is 3.99. The normalized spacial score (nSPS) is 29.1. The Morgan fingerprint density at radius 1 is 0.482 bits per heavy atom. The first-order valence-electron chi connectivity index (χ1n) is 22.4. The van der Waals surface area contributed by atoms with Crippen LogP contribution in [0.1, 0.15) is 147 Å². The number of fused-ring (bicyclic) bond motifs is 10. The Morgan fingerprint density at radius 3 is 1.23 bits per heavy atom. The molecule has 4 amide bonds. The molecule has 4 N–H and O–H groups in total. The van der Waals surface area contributed by atoms with Gasteiger partial charge < -0.3 is 21.3 Å². The molecule has 4 fully saturated rings. The van der Waals surface area contributed by atoms with Gasteiger partial charge in [-0.3, -0.25) is 9.80 Å². The summed E-state index contributed by atoms with van der Waals surface area (Å²) in [4.78, 5) is 31.1. The molecule has 1 unspecified atom stereocenters. The summed E-state index contributed by atoms with van der Waals surface area (Å²) in [5.41, 5.74) is 8.73. The molecule has 8 heteroatoms. The Kier molecular flexibility index (Phi) is 11.7. The van der Waals surface area contributed by atoms with Crippen LogP contribution in [0, 0.1) is 11.8 Å². The van der Waals surface area contributed by atoms with Crippen LogP contribution in [-0.2, 0) is 12.8 Å². The number of hydrogen-bond acceptors (Lipinski definition) is 4. The summed E-state index contributed by atoms with van der Waals surface area (Å²) in [6.07, 6.45) is 18.6. The van der Waals surface area contributed by atoms with Crippen LogP contribution >= 0.6 is 0 Å². The van der Waals surface area contributed by atoms with Gasteiger partial charge in [-0.1, -0.05) is 72.8 Å². The maximum atomic E-state index is 12.8. The van der Waals surface area contributed by atoms with E-state index in [0.717, 1.165) is 50.4 Å².